The van der Waals surface area contributed by atoms with Gasteiger partial charge in [-0.1, -0.05) is 0 Å². The van der Waals surface area contributed by atoms with Crippen LogP contribution in [0.3, 0.4) is 0 Å². The second-order valence-electron chi connectivity index (χ2n) is 5.21. The lowest BCUT2D eigenvalue weighted by molar-refractivity contribution is -0.137. The Balaban J connectivity index is 1.88. The van der Waals surface area contributed by atoms with Crippen molar-refractivity contribution in [2.24, 2.45) is 5.92 Å². The van der Waals surface area contributed by atoms with Crippen LogP contribution in [0, 0.1) is 17.2 Å². The maximum atomic E-state index is 12.3. The molecule has 2 rings (SSSR count). The monoisotopic (exact) mass is 287 g/mol. The molecule has 6 heteroatoms. The first-order valence-corrected chi connectivity index (χ1v) is 6.97. The molecule has 0 radical (unpaired) electrons. The largest absolute Gasteiger partial charge is 0.481 e. The van der Waals surface area contributed by atoms with E-state index in [2.05, 4.69) is 4.98 Å². The molecule has 0 spiro atoms. The third-order valence-electron chi connectivity index (χ3n) is 3.78. The van der Waals surface area contributed by atoms with E-state index in [0.29, 0.717) is 36.7 Å². The van der Waals surface area contributed by atoms with Crippen LogP contribution >= 0.6 is 0 Å². The Morgan fingerprint density at radius 2 is 2.10 bits per heavy atom. The van der Waals surface area contributed by atoms with Gasteiger partial charge in [-0.25, -0.2) is 4.98 Å². The van der Waals surface area contributed by atoms with Crippen molar-refractivity contribution in [3.8, 4) is 6.07 Å². The molecule has 6 nitrogen and oxygen atoms in total. The lowest BCUT2D eigenvalue weighted by Gasteiger charge is -2.31. The summed E-state index contributed by atoms with van der Waals surface area (Å²) in [6.45, 7) is 1.26. The smallest absolute Gasteiger partial charge is 0.303 e. The van der Waals surface area contributed by atoms with Gasteiger partial charge in [-0.05, 0) is 37.3 Å². The summed E-state index contributed by atoms with van der Waals surface area (Å²) >= 11 is 0. The topological polar surface area (TPSA) is 94.3 Å². The molecule has 0 aliphatic carbocycles. The van der Waals surface area contributed by atoms with Crippen LogP contribution in [0.5, 0.6) is 0 Å². The lowest BCUT2D eigenvalue weighted by atomic mass is 9.92. The number of carbonyl (C=O) groups excluding carboxylic acids is 1. The highest BCUT2D eigenvalue weighted by molar-refractivity contribution is 5.92. The Kier molecular flexibility index (Phi) is 4.88. The van der Waals surface area contributed by atoms with Crippen LogP contribution in [0.1, 0.15) is 41.7 Å². The summed E-state index contributed by atoms with van der Waals surface area (Å²) < 4.78 is 0. The van der Waals surface area contributed by atoms with Gasteiger partial charge in [-0.3, -0.25) is 9.59 Å². The normalized spacial score (nSPS) is 15.5. The van der Waals surface area contributed by atoms with Gasteiger partial charge in [0.1, 0.15) is 11.8 Å². The number of nitrogens with zero attached hydrogens (tertiary/aromatic N) is 3. The van der Waals surface area contributed by atoms with Gasteiger partial charge in [-0.2, -0.15) is 5.26 Å². The van der Waals surface area contributed by atoms with Gasteiger partial charge in [0.15, 0.2) is 0 Å². The number of carboxylic acids is 1. The van der Waals surface area contributed by atoms with Crippen LogP contribution in [-0.4, -0.2) is 40.0 Å². The summed E-state index contributed by atoms with van der Waals surface area (Å²) in [6.07, 6.45) is 3.92. The molecule has 0 saturated carbocycles. The van der Waals surface area contributed by atoms with Crippen LogP contribution in [0.4, 0.5) is 0 Å². The van der Waals surface area contributed by atoms with Gasteiger partial charge in [-0.15, -0.1) is 0 Å². The van der Waals surface area contributed by atoms with E-state index in [4.69, 9.17) is 10.4 Å². The number of rotatable bonds is 4. The summed E-state index contributed by atoms with van der Waals surface area (Å²) in [7, 11) is 0. The summed E-state index contributed by atoms with van der Waals surface area (Å²) in [6, 6.07) is 5.12. The van der Waals surface area contributed by atoms with E-state index in [1.54, 1.807) is 17.0 Å². The Morgan fingerprint density at radius 3 is 2.62 bits per heavy atom. The zero-order chi connectivity index (χ0) is 15.2. The van der Waals surface area contributed by atoms with Gasteiger partial charge in [0, 0.05) is 25.7 Å². The highest BCUT2D eigenvalue weighted by atomic mass is 16.4. The summed E-state index contributed by atoms with van der Waals surface area (Å²) in [5.74, 6) is -0.523. The number of likely N-dealkylation sites (tertiary alicyclic amines) is 1. The average Bonchev–Trinajstić information content (AvgIpc) is 2.53. The molecular formula is C15H17N3O3. The summed E-state index contributed by atoms with van der Waals surface area (Å²) in [4.78, 5) is 28.6. The van der Waals surface area contributed by atoms with Crippen molar-refractivity contribution >= 4 is 11.9 Å². The second-order valence-corrected chi connectivity index (χ2v) is 5.21. The third-order valence-corrected chi connectivity index (χ3v) is 3.78. The number of aliphatic carboxylic acids is 1. The molecule has 0 unspecified atom stereocenters. The SMILES string of the molecule is N#Cc1ccc(C(=O)N2CCC(CCC(=O)O)CC2)nc1. The maximum absolute atomic E-state index is 12.3. The molecular weight excluding hydrogens is 270 g/mol. The Hall–Kier alpha value is -2.42. The molecule has 1 aromatic rings. The summed E-state index contributed by atoms with van der Waals surface area (Å²) in [5, 5.41) is 17.4. The second kappa shape index (κ2) is 6.84. The van der Waals surface area contributed by atoms with Crippen molar-refractivity contribution in [3.05, 3.63) is 29.6 Å². The minimum absolute atomic E-state index is 0.129. The molecule has 2 heterocycles. The van der Waals surface area contributed by atoms with Crippen molar-refractivity contribution in [1.29, 1.82) is 5.26 Å². The minimum atomic E-state index is -0.768. The van der Waals surface area contributed by atoms with Crippen molar-refractivity contribution in [3.63, 3.8) is 0 Å². The zero-order valence-corrected chi connectivity index (χ0v) is 11.7. The number of carbonyl (C=O) groups is 2. The van der Waals surface area contributed by atoms with Crippen molar-refractivity contribution < 1.29 is 14.7 Å². The minimum Gasteiger partial charge on any atom is -0.481 e. The standard InChI is InChI=1S/C15H17N3O3/c16-9-12-1-3-13(17-10-12)15(21)18-7-5-11(6-8-18)2-4-14(19)20/h1,3,10-11H,2,4-8H2,(H,19,20). The lowest BCUT2D eigenvalue weighted by Crippen LogP contribution is -2.38. The van der Waals surface area contributed by atoms with Gasteiger partial charge in [0.2, 0.25) is 0 Å². The average molecular weight is 287 g/mol. The number of hydrogen-bond donors (Lipinski definition) is 1. The number of aromatic nitrogens is 1. The predicted molar refractivity (Wildman–Crippen MR) is 74.4 cm³/mol. The van der Waals surface area contributed by atoms with E-state index in [1.807, 2.05) is 6.07 Å². The molecule has 21 heavy (non-hydrogen) atoms. The molecule has 1 N–H and O–H groups in total. The molecule has 1 aliphatic heterocycles. The number of carboxylic acid groups (broad SMARTS) is 1. The van der Waals surface area contributed by atoms with Gasteiger partial charge in [0.05, 0.1) is 5.56 Å². The fourth-order valence-electron chi connectivity index (χ4n) is 2.50. The first-order valence-electron chi connectivity index (χ1n) is 6.97. The van der Waals surface area contributed by atoms with Crippen molar-refractivity contribution in [2.75, 3.05) is 13.1 Å². The fourth-order valence-corrected chi connectivity index (χ4v) is 2.50. The Morgan fingerprint density at radius 1 is 1.38 bits per heavy atom. The van der Waals surface area contributed by atoms with E-state index in [-0.39, 0.29) is 12.3 Å². The first kappa shape index (κ1) is 15.0. The first-order chi connectivity index (χ1) is 10.1. The van der Waals surface area contributed by atoms with E-state index in [9.17, 15) is 9.59 Å². The van der Waals surface area contributed by atoms with Crippen LogP contribution in [-0.2, 0) is 4.79 Å². The third kappa shape index (κ3) is 4.02. The van der Waals surface area contributed by atoms with Crippen LogP contribution < -0.4 is 0 Å². The van der Waals surface area contributed by atoms with Gasteiger partial charge in [0.25, 0.3) is 5.91 Å². The molecule has 1 amide bonds. The zero-order valence-electron chi connectivity index (χ0n) is 11.7. The number of nitriles is 1. The number of piperidine rings is 1. The number of hydrogen-bond acceptors (Lipinski definition) is 4. The summed E-state index contributed by atoms with van der Waals surface area (Å²) in [5.41, 5.74) is 0.775. The highest BCUT2D eigenvalue weighted by Crippen LogP contribution is 2.22. The molecule has 1 aromatic heterocycles. The molecule has 1 saturated heterocycles. The Bertz CT molecular complexity index is 555. The molecule has 0 aromatic carbocycles. The van der Waals surface area contributed by atoms with Crippen molar-refractivity contribution in [2.45, 2.75) is 25.7 Å². The van der Waals surface area contributed by atoms with Crippen LogP contribution in [0.2, 0.25) is 0 Å². The van der Waals surface area contributed by atoms with E-state index < -0.39 is 5.97 Å². The fraction of sp³-hybridized carbons (Fsp3) is 0.467. The highest BCUT2D eigenvalue weighted by Gasteiger charge is 2.24. The van der Waals surface area contributed by atoms with E-state index >= 15 is 0 Å². The van der Waals surface area contributed by atoms with E-state index in [1.165, 1.54) is 6.20 Å². The Labute approximate surface area is 123 Å². The maximum Gasteiger partial charge on any atom is 0.303 e. The van der Waals surface area contributed by atoms with Gasteiger partial charge >= 0.3 is 5.97 Å². The van der Waals surface area contributed by atoms with Crippen LogP contribution in [0.25, 0.3) is 0 Å². The van der Waals surface area contributed by atoms with Gasteiger partial charge < -0.3 is 10.0 Å². The van der Waals surface area contributed by atoms with E-state index in [0.717, 1.165) is 12.8 Å². The number of amides is 1. The predicted octanol–water partition coefficient (Wildman–Crippen LogP) is 1.67. The molecule has 0 bridgehead atoms. The number of pyridine rings is 1. The quantitative estimate of drug-likeness (QED) is 0.909. The molecule has 1 aliphatic rings. The molecule has 0 atom stereocenters. The van der Waals surface area contributed by atoms with Crippen molar-refractivity contribution in [1.82, 2.24) is 9.88 Å². The molecule has 1 fully saturated rings. The molecule has 110 valence electrons. The van der Waals surface area contributed by atoms with Crippen LogP contribution in [0.15, 0.2) is 18.3 Å².